The van der Waals surface area contributed by atoms with Crippen LogP contribution in [0, 0.1) is 0 Å². The summed E-state index contributed by atoms with van der Waals surface area (Å²) in [6.45, 7) is 2.49. The molecule has 6 heteroatoms. The predicted molar refractivity (Wildman–Crippen MR) is 91.7 cm³/mol. The predicted octanol–water partition coefficient (Wildman–Crippen LogP) is 1.95. The SMILES string of the molecule is CCn1c(-c2cccnc2)nn(-c2ccccc2)c1=O.CNC. The Morgan fingerprint density at radius 2 is 1.78 bits per heavy atom. The fraction of sp³-hybridized carbons (Fsp3) is 0.235. The zero-order chi connectivity index (χ0) is 16.7. The standard InChI is InChI=1S/C15H14N4O.C2H7N/c1-2-18-14(12-7-6-10-16-11-12)17-19(15(18)20)13-8-4-3-5-9-13;1-3-2/h3-11H,2H2,1H3;3H,1-2H3. The van der Waals surface area contributed by atoms with Gasteiger partial charge in [-0.2, -0.15) is 4.68 Å². The van der Waals surface area contributed by atoms with E-state index < -0.39 is 0 Å². The van der Waals surface area contributed by atoms with E-state index in [9.17, 15) is 4.79 Å². The molecule has 1 N–H and O–H groups in total. The largest absolute Gasteiger partial charge is 0.350 e. The Bertz CT molecular complexity index is 778. The van der Waals surface area contributed by atoms with Gasteiger partial charge in [-0.25, -0.2) is 4.79 Å². The molecule has 0 amide bonds. The summed E-state index contributed by atoms with van der Waals surface area (Å²) in [5.74, 6) is 0.634. The molecular formula is C17H21N5O. The Balaban J connectivity index is 0.000000595. The molecule has 3 rings (SSSR count). The summed E-state index contributed by atoms with van der Waals surface area (Å²) in [6, 6.07) is 13.1. The molecule has 3 aromatic rings. The van der Waals surface area contributed by atoms with Gasteiger partial charge < -0.3 is 5.32 Å². The third-order valence-electron chi connectivity index (χ3n) is 3.10. The number of para-hydroxylation sites is 1. The summed E-state index contributed by atoms with van der Waals surface area (Å²) in [4.78, 5) is 16.5. The third kappa shape index (κ3) is 3.73. The highest BCUT2D eigenvalue weighted by atomic mass is 16.2. The summed E-state index contributed by atoms with van der Waals surface area (Å²) in [5, 5.41) is 7.20. The molecule has 6 nitrogen and oxygen atoms in total. The summed E-state index contributed by atoms with van der Waals surface area (Å²) in [5.41, 5.74) is 1.45. The maximum absolute atomic E-state index is 12.4. The number of nitrogens with zero attached hydrogens (tertiary/aromatic N) is 4. The molecule has 0 saturated heterocycles. The van der Waals surface area contributed by atoms with Crippen LogP contribution < -0.4 is 11.0 Å². The fourth-order valence-corrected chi connectivity index (χ4v) is 2.13. The summed E-state index contributed by atoms with van der Waals surface area (Å²) in [6.07, 6.45) is 3.41. The van der Waals surface area contributed by atoms with Gasteiger partial charge in [0.25, 0.3) is 0 Å². The number of pyridine rings is 1. The van der Waals surface area contributed by atoms with Gasteiger partial charge in [0.15, 0.2) is 5.82 Å². The summed E-state index contributed by atoms with van der Waals surface area (Å²) >= 11 is 0. The molecule has 0 aliphatic heterocycles. The number of hydrogen-bond donors (Lipinski definition) is 1. The van der Waals surface area contributed by atoms with E-state index in [1.165, 1.54) is 4.68 Å². The smallest absolute Gasteiger partial charge is 0.323 e. The minimum Gasteiger partial charge on any atom is -0.323 e. The van der Waals surface area contributed by atoms with Gasteiger partial charge in [0.05, 0.1) is 5.69 Å². The van der Waals surface area contributed by atoms with Gasteiger partial charge in [0, 0.05) is 24.5 Å². The zero-order valence-electron chi connectivity index (χ0n) is 13.6. The minimum atomic E-state index is -0.141. The number of benzene rings is 1. The van der Waals surface area contributed by atoms with Crippen LogP contribution >= 0.6 is 0 Å². The van der Waals surface area contributed by atoms with Gasteiger partial charge in [0.1, 0.15) is 0 Å². The van der Waals surface area contributed by atoms with Crippen molar-refractivity contribution < 1.29 is 0 Å². The van der Waals surface area contributed by atoms with E-state index in [0.717, 1.165) is 11.3 Å². The molecule has 0 radical (unpaired) electrons. The Morgan fingerprint density at radius 1 is 1.09 bits per heavy atom. The number of rotatable bonds is 3. The van der Waals surface area contributed by atoms with Crippen molar-refractivity contribution in [2.45, 2.75) is 13.5 Å². The van der Waals surface area contributed by atoms with Crippen molar-refractivity contribution in [2.24, 2.45) is 0 Å². The first-order chi connectivity index (χ1) is 11.2. The van der Waals surface area contributed by atoms with E-state index in [0.29, 0.717) is 12.4 Å². The van der Waals surface area contributed by atoms with Crippen molar-refractivity contribution in [3.05, 3.63) is 65.3 Å². The molecule has 0 saturated carbocycles. The van der Waals surface area contributed by atoms with Gasteiger partial charge in [-0.05, 0) is 45.3 Å². The van der Waals surface area contributed by atoms with Crippen LogP contribution in [0.3, 0.4) is 0 Å². The lowest BCUT2D eigenvalue weighted by atomic mass is 10.3. The molecule has 2 aromatic heterocycles. The fourth-order valence-electron chi connectivity index (χ4n) is 2.13. The van der Waals surface area contributed by atoms with E-state index in [-0.39, 0.29) is 5.69 Å². The average molecular weight is 311 g/mol. The van der Waals surface area contributed by atoms with E-state index in [1.807, 2.05) is 63.5 Å². The molecule has 0 fully saturated rings. The first kappa shape index (κ1) is 16.6. The third-order valence-corrected chi connectivity index (χ3v) is 3.10. The second-order valence-electron chi connectivity index (χ2n) is 4.84. The minimum absolute atomic E-state index is 0.141. The van der Waals surface area contributed by atoms with Crippen molar-refractivity contribution in [3.8, 4) is 17.1 Å². The van der Waals surface area contributed by atoms with Crippen LogP contribution in [-0.4, -0.2) is 33.4 Å². The van der Waals surface area contributed by atoms with Crippen molar-refractivity contribution in [1.29, 1.82) is 0 Å². The normalized spacial score (nSPS) is 10.0. The molecule has 120 valence electrons. The van der Waals surface area contributed by atoms with Gasteiger partial charge in [-0.15, -0.1) is 5.10 Å². The van der Waals surface area contributed by atoms with Gasteiger partial charge in [0.2, 0.25) is 0 Å². The second kappa shape index (κ2) is 8.05. The molecule has 1 aromatic carbocycles. The van der Waals surface area contributed by atoms with Gasteiger partial charge in [-0.3, -0.25) is 9.55 Å². The second-order valence-corrected chi connectivity index (χ2v) is 4.84. The average Bonchev–Trinajstić information content (AvgIpc) is 2.94. The highest BCUT2D eigenvalue weighted by molar-refractivity contribution is 5.53. The molecule has 23 heavy (non-hydrogen) atoms. The maximum atomic E-state index is 12.4. The van der Waals surface area contributed by atoms with Crippen molar-refractivity contribution >= 4 is 0 Å². The van der Waals surface area contributed by atoms with Crippen molar-refractivity contribution in [2.75, 3.05) is 14.1 Å². The van der Waals surface area contributed by atoms with Gasteiger partial charge in [-0.1, -0.05) is 18.2 Å². The first-order valence-electron chi connectivity index (χ1n) is 7.47. The highest BCUT2D eigenvalue weighted by Gasteiger charge is 2.14. The molecular weight excluding hydrogens is 290 g/mol. The quantitative estimate of drug-likeness (QED) is 0.803. The molecule has 0 aliphatic rings. The monoisotopic (exact) mass is 311 g/mol. The van der Waals surface area contributed by atoms with Crippen molar-refractivity contribution in [3.63, 3.8) is 0 Å². The lowest BCUT2D eigenvalue weighted by molar-refractivity contribution is 0.716. The van der Waals surface area contributed by atoms with Crippen LogP contribution in [0.1, 0.15) is 6.92 Å². The Morgan fingerprint density at radius 3 is 2.35 bits per heavy atom. The van der Waals surface area contributed by atoms with E-state index in [1.54, 1.807) is 17.0 Å². The van der Waals surface area contributed by atoms with Crippen LogP contribution in [0.15, 0.2) is 59.7 Å². The summed E-state index contributed by atoms with van der Waals surface area (Å²) in [7, 11) is 3.75. The Labute approximate surface area is 135 Å². The van der Waals surface area contributed by atoms with E-state index in [4.69, 9.17) is 0 Å². The van der Waals surface area contributed by atoms with Gasteiger partial charge >= 0.3 is 5.69 Å². The maximum Gasteiger partial charge on any atom is 0.350 e. The van der Waals surface area contributed by atoms with Crippen LogP contribution in [0.25, 0.3) is 17.1 Å². The summed E-state index contributed by atoms with van der Waals surface area (Å²) < 4.78 is 3.07. The van der Waals surface area contributed by atoms with E-state index in [2.05, 4.69) is 15.4 Å². The highest BCUT2D eigenvalue weighted by Crippen LogP contribution is 2.15. The Hall–Kier alpha value is -2.73. The molecule has 0 atom stereocenters. The van der Waals surface area contributed by atoms with Crippen LogP contribution in [-0.2, 0) is 6.54 Å². The molecule has 2 heterocycles. The first-order valence-corrected chi connectivity index (χ1v) is 7.47. The van der Waals surface area contributed by atoms with Crippen LogP contribution in [0.5, 0.6) is 0 Å². The zero-order valence-corrected chi connectivity index (χ0v) is 13.6. The topological polar surface area (TPSA) is 64.7 Å². The van der Waals surface area contributed by atoms with Crippen LogP contribution in [0.4, 0.5) is 0 Å². The lowest BCUT2D eigenvalue weighted by Crippen LogP contribution is -2.23. The lowest BCUT2D eigenvalue weighted by Gasteiger charge is -2.00. The molecule has 0 unspecified atom stereocenters. The molecule has 0 spiro atoms. The van der Waals surface area contributed by atoms with Crippen molar-refractivity contribution in [1.82, 2.24) is 24.6 Å². The number of aromatic nitrogens is 4. The Kier molecular flexibility index (Phi) is 5.82. The number of hydrogen-bond acceptors (Lipinski definition) is 4. The molecule has 0 bridgehead atoms. The molecule has 0 aliphatic carbocycles. The number of nitrogens with one attached hydrogen (secondary N) is 1. The van der Waals surface area contributed by atoms with E-state index >= 15 is 0 Å². The van der Waals surface area contributed by atoms with Crippen LogP contribution in [0.2, 0.25) is 0 Å².